The number of amides is 3. The van der Waals surface area contributed by atoms with Crippen LogP contribution in [0.3, 0.4) is 0 Å². The molecule has 0 aromatic heterocycles. The van der Waals surface area contributed by atoms with Gasteiger partial charge < -0.3 is 5.32 Å². The zero-order valence-corrected chi connectivity index (χ0v) is 11.9. The Morgan fingerprint density at radius 2 is 1.95 bits per heavy atom. The molecule has 1 heterocycles. The molecule has 0 saturated carbocycles. The number of nitrogens with one attached hydrogen (secondary N) is 1. The first-order chi connectivity index (χ1) is 8.90. The maximum Gasteiger partial charge on any atom is 0.325 e. The van der Waals surface area contributed by atoms with Crippen molar-refractivity contribution < 1.29 is 9.59 Å². The predicted octanol–water partition coefficient (Wildman–Crippen LogP) is 2.38. The molecule has 1 aliphatic rings. The van der Waals surface area contributed by atoms with Gasteiger partial charge in [-0.1, -0.05) is 37.6 Å². The summed E-state index contributed by atoms with van der Waals surface area (Å²) < 4.78 is 0. The molecule has 2 rings (SSSR count). The molecule has 0 aliphatic carbocycles. The first-order valence-electron chi connectivity index (χ1n) is 6.58. The van der Waals surface area contributed by atoms with E-state index in [9.17, 15) is 9.59 Å². The summed E-state index contributed by atoms with van der Waals surface area (Å²) in [5.74, 6) is -0.0130. The minimum absolute atomic E-state index is 0.111. The Kier molecular flexibility index (Phi) is 3.60. The average Bonchev–Trinajstić information content (AvgIpc) is 2.62. The van der Waals surface area contributed by atoms with Crippen LogP contribution >= 0.6 is 0 Å². The van der Waals surface area contributed by atoms with Gasteiger partial charge in [0.2, 0.25) is 0 Å². The lowest BCUT2D eigenvalue weighted by Gasteiger charge is -2.16. The molecule has 1 N–H and O–H groups in total. The van der Waals surface area contributed by atoms with Gasteiger partial charge in [0, 0.05) is 0 Å². The maximum absolute atomic E-state index is 12.2. The highest BCUT2D eigenvalue weighted by Crippen LogP contribution is 2.19. The minimum Gasteiger partial charge on any atom is -0.326 e. The van der Waals surface area contributed by atoms with Crippen molar-refractivity contribution in [1.29, 1.82) is 0 Å². The average molecular weight is 260 g/mol. The van der Waals surface area contributed by atoms with Crippen LogP contribution in [0.4, 0.5) is 4.79 Å². The minimum atomic E-state index is -0.391. The van der Waals surface area contributed by atoms with Crippen LogP contribution in [0, 0.1) is 19.8 Å². The number of hydrogen-bond donors (Lipinski definition) is 1. The highest BCUT2D eigenvalue weighted by molar-refractivity contribution is 6.04. The predicted molar refractivity (Wildman–Crippen MR) is 73.6 cm³/mol. The van der Waals surface area contributed by atoms with Crippen LogP contribution in [0.1, 0.15) is 30.5 Å². The molecular weight excluding hydrogens is 240 g/mol. The Morgan fingerprint density at radius 1 is 1.26 bits per heavy atom. The third kappa shape index (κ3) is 2.62. The van der Waals surface area contributed by atoms with E-state index in [0.717, 1.165) is 16.7 Å². The topological polar surface area (TPSA) is 49.4 Å². The third-order valence-electron chi connectivity index (χ3n) is 3.56. The number of aryl methyl sites for hydroxylation is 2. The molecule has 4 heteroatoms. The molecule has 1 unspecified atom stereocenters. The van der Waals surface area contributed by atoms with Gasteiger partial charge in [-0.2, -0.15) is 0 Å². The quantitative estimate of drug-likeness (QED) is 0.848. The maximum atomic E-state index is 12.2. The van der Waals surface area contributed by atoms with E-state index in [1.807, 2.05) is 45.9 Å². The summed E-state index contributed by atoms with van der Waals surface area (Å²) in [5, 5.41) is 2.74. The smallest absolute Gasteiger partial charge is 0.325 e. The molecule has 3 amide bonds. The van der Waals surface area contributed by atoms with Crippen LogP contribution in [0.25, 0.3) is 0 Å². The number of nitrogens with zero attached hydrogens (tertiary/aromatic N) is 1. The van der Waals surface area contributed by atoms with Crippen molar-refractivity contribution in [2.75, 3.05) is 0 Å². The van der Waals surface area contributed by atoms with Gasteiger partial charge in [-0.05, 0) is 30.9 Å². The molecular formula is C15H20N2O2. The molecule has 102 valence electrons. The largest absolute Gasteiger partial charge is 0.326 e. The Bertz CT molecular complexity index is 523. The van der Waals surface area contributed by atoms with Crippen molar-refractivity contribution in [2.45, 2.75) is 40.3 Å². The summed E-state index contributed by atoms with van der Waals surface area (Å²) >= 11 is 0. The van der Waals surface area contributed by atoms with Crippen LogP contribution in [-0.4, -0.2) is 22.9 Å². The first-order valence-corrected chi connectivity index (χ1v) is 6.58. The summed E-state index contributed by atoms with van der Waals surface area (Å²) in [6.07, 6.45) is 0. The fourth-order valence-corrected chi connectivity index (χ4v) is 2.28. The zero-order chi connectivity index (χ0) is 14.2. The van der Waals surface area contributed by atoms with Crippen molar-refractivity contribution in [1.82, 2.24) is 10.2 Å². The van der Waals surface area contributed by atoms with Crippen LogP contribution in [0.2, 0.25) is 0 Å². The molecule has 1 aromatic carbocycles. The van der Waals surface area contributed by atoms with E-state index in [0.29, 0.717) is 6.54 Å². The molecule has 0 spiro atoms. The molecule has 1 aromatic rings. The SMILES string of the molecule is Cc1ccc(C)c(CN2C(=O)NC(C(C)C)C2=O)c1. The normalized spacial score (nSPS) is 19.2. The molecule has 0 radical (unpaired) electrons. The van der Waals surface area contributed by atoms with Crippen molar-refractivity contribution in [3.63, 3.8) is 0 Å². The highest BCUT2D eigenvalue weighted by Gasteiger charge is 2.39. The fourth-order valence-electron chi connectivity index (χ4n) is 2.28. The van der Waals surface area contributed by atoms with Crippen molar-refractivity contribution in [3.05, 3.63) is 34.9 Å². The van der Waals surface area contributed by atoms with Gasteiger partial charge in [0.1, 0.15) is 6.04 Å². The van der Waals surface area contributed by atoms with Gasteiger partial charge in [0.15, 0.2) is 0 Å². The highest BCUT2D eigenvalue weighted by atomic mass is 16.2. The molecule has 1 fully saturated rings. The second-order valence-electron chi connectivity index (χ2n) is 5.53. The lowest BCUT2D eigenvalue weighted by atomic mass is 10.0. The molecule has 0 bridgehead atoms. The zero-order valence-electron chi connectivity index (χ0n) is 11.9. The van der Waals surface area contributed by atoms with Gasteiger partial charge in [-0.3, -0.25) is 9.69 Å². The van der Waals surface area contributed by atoms with E-state index in [4.69, 9.17) is 0 Å². The van der Waals surface area contributed by atoms with Crippen LogP contribution in [0.15, 0.2) is 18.2 Å². The van der Waals surface area contributed by atoms with E-state index in [-0.39, 0.29) is 17.9 Å². The molecule has 1 aliphatic heterocycles. The standard InChI is InChI=1S/C15H20N2O2/c1-9(2)13-14(18)17(15(19)16-13)8-12-7-10(3)5-6-11(12)4/h5-7,9,13H,8H2,1-4H3,(H,16,19). The van der Waals surface area contributed by atoms with Gasteiger partial charge in [-0.25, -0.2) is 4.79 Å². The second-order valence-corrected chi connectivity index (χ2v) is 5.53. The first kappa shape index (κ1) is 13.6. The fraction of sp³-hybridized carbons (Fsp3) is 0.467. The number of carbonyl (C=O) groups is 2. The van der Waals surface area contributed by atoms with E-state index >= 15 is 0 Å². The number of imide groups is 1. The molecule has 4 nitrogen and oxygen atoms in total. The second kappa shape index (κ2) is 5.03. The summed E-state index contributed by atoms with van der Waals surface area (Å²) in [6.45, 7) is 8.22. The van der Waals surface area contributed by atoms with E-state index in [1.165, 1.54) is 4.90 Å². The van der Waals surface area contributed by atoms with Crippen molar-refractivity contribution in [2.24, 2.45) is 5.92 Å². The lowest BCUT2D eigenvalue weighted by molar-refractivity contribution is -0.128. The summed E-state index contributed by atoms with van der Waals surface area (Å²) in [5.41, 5.74) is 3.25. The molecule has 1 atom stereocenters. The summed E-state index contributed by atoms with van der Waals surface area (Å²) in [4.78, 5) is 25.4. The van der Waals surface area contributed by atoms with Crippen molar-refractivity contribution in [3.8, 4) is 0 Å². The Morgan fingerprint density at radius 3 is 2.53 bits per heavy atom. The van der Waals surface area contributed by atoms with Gasteiger partial charge in [0.25, 0.3) is 5.91 Å². The Hall–Kier alpha value is -1.84. The van der Waals surface area contributed by atoms with Crippen LogP contribution in [0.5, 0.6) is 0 Å². The van der Waals surface area contributed by atoms with E-state index in [1.54, 1.807) is 0 Å². The summed E-state index contributed by atoms with van der Waals surface area (Å²) in [7, 11) is 0. The number of benzene rings is 1. The van der Waals surface area contributed by atoms with Crippen LogP contribution < -0.4 is 5.32 Å². The summed E-state index contributed by atoms with van der Waals surface area (Å²) in [6, 6.07) is 5.39. The van der Waals surface area contributed by atoms with Crippen molar-refractivity contribution >= 4 is 11.9 Å². The Balaban J connectivity index is 2.21. The number of urea groups is 1. The van der Waals surface area contributed by atoms with Crippen LogP contribution in [-0.2, 0) is 11.3 Å². The number of rotatable bonds is 3. The van der Waals surface area contributed by atoms with E-state index in [2.05, 4.69) is 5.32 Å². The Labute approximate surface area is 113 Å². The van der Waals surface area contributed by atoms with Gasteiger partial charge in [-0.15, -0.1) is 0 Å². The van der Waals surface area contributed by atoms with Gasteiger partial charge in [0.05, 0.1) is 6.54 Å². The monoisotopic (exact) mass is 260 g/mol. The molecule has 19 heavy (non-hydrogen) atoms. The number of carbonyl (C=O) groups excluding carboxylic acids is 2. The van der Waals surface area contributed by atoms with Gasteiger partial charge >= 0.3 is 6.03 Å². The number of hydrogen-bond acceptors (Lipinski definition) is 2. The lowest BCUT2D eigenvalue weighted by Crippen LogP contribution is -2.34. The van der Waals surface area contributed by atoms with E-state index < -0.39 is 6.04 Å². The molecule has 1 saturated heterocycles. The third-order valence-corrected chi connectivity index (χ3v) is 3.56.